The average Bonchev–Trinajstić information content (AvgIpc) is 2.75. The number of hydrogen-bond donors (Lipinski definition) is 2. The summed E-state index contributed by atoms with van der Waals surface area (Å²) in [7, 11) is 0. The number of nitrogens with two attached hydrogens (primary N) is 1. The maximum absolute atomic E-state index is 6.39. The number of aryl methyl sites for hydroxylation is 4. The highest BCUT2D eigenvalue weighted by Crippen LogP contribution is 2.26. The van der Waals surface area contributed by atoms with Crippen LogP contribution in [-0.2, 0) is 13.0 Å². The molecule has 0 fully saturated rings. The van der Waals surface area contributed by atoms with Gasteiger partial charge in [-0.2, -0.15) is 5.10 Å². The Hall–Kier alpha value is -1.36. The smallest absolute Gasteiger partial charge is 0.0847 e. The van der Waals surface area contributed by atoms with E-state index in [0.717, 1.165) is 28.5 Å². The second-order valence-electron chi connectivity index (χ2n) is 5.43. The van der Waals surface area contributed by atoms with Crippen LogP contribution in [0, 0.1) is 20.8 Å². The Morgan fingerprint density at radius 1 is 1.29 bits per heavy atom. The molecule has 0 radical (unpaired) electrons. The van der Waals surface area contributed by atoms with E-state index in [-0.39, 0.29) is 6.04 Å². The second kappa shape index (κ2) is 6.60. The second-order valence-corrected chi connectivity index (χ2v) is 5.81. The minimum atomic E-state index is 0.0169. The van der Waals surface area contributed by atoms with Crippen LogP contribution in [0.3, 0.4) is 0 Å². The predicted molar refractivity (Wildman–Crippen MR) is 87.3 cm³/mol. The van der Waals surface area contributed by atoms with Crippen LogP contribution in [0.25, 0.3) is 0 Å². The van der Waals surface area contributed by atoms with Crippen molar-refractivity contribution < 1.29 is 0 Å². The molecule has 0 amide bonds. The van der Waals surface area contributed by atoms with Gasteiger partial charge in [-0.05, 0) is 44.4 Å². The predicted octanol–water partition coefficient (Wildman–Crippen LogP) is 3.23. The SMILES string of the molecule is CCn1nc(C)c(Cl)c1CC(NN)c1ccc(C)c(C)c1. The Bertz CT molecular complexity index is 633. The fourth-order valence-corrected chi connectivity index (χ4v) is 2.72. The highest BCUT2D eigenvalue weighted by atomic mass is 35.5. The normalized spacial score (nSPS) is 12.7. The van der Waals surface area contributed by atoms with E-state index in [9.17, 15) is 0 Å². The van der Waals surface area contributed by atoms with Crippen molar-refractivity contribution in [3.8, 4) is 0 Å². The Morgan fingerprint density at radius 3 is 2.57 bits per heavy atom. The van der Waals surface area contributed by atoms with Gasteiger partial charge >= 0.3 is 0 Å². The van der Waals surface area contributed by atoms with Gasteiger partial charge < -0.3 is 0 Å². The largest absolute Gasteiger partial charge is 0.271 e. The van der Waals surface area contributed by atoms with Crippen molar-refractivity contribution >= 4 is 11.6 Å². The van der Waals surface area contributed by atoms with Crippen LogP contribution in [0.15, 0.2) is 18.2 Å². The van der Waals surface area contributed by atoms with Crippen molar-refractivity contribution in [3.05, 3.63) is 51.3 Å². The fraction of sp³-hybridized carbons (Fsp3) is 0.438. The lowest BCUT2D eigenvalue weighted by molar-refractivity contribution is 0.517. The number of nitrogens with zero attached hydrogens (tertiary/aromatic N) is 2. The minimum absolute atomic E-state index is 0.0169. The molecular weight excluding hydrogens is 284 g/mol. The van der Waals surface area contributed by atoms with Crippen LogP contribution in [0.4, 0.5) is 0 Å². The van der Waals surface area contributed by atoms with Crippen LogP contribution in [0.2, 0.25) is 5.02 Å². The molecule has 5 heteroatoms. The van der Waals surface area contributed by atoms with E-state index in [1.165, 1.54) is 11.1 Å². The van der Waals surface area contributed by atoms with Gasteiger partial charge in [0.1, 0.15) is 0 Å². The van der Waals surface area contributed by atoms with E-state index in [1.54, 1.807) is 0 Å². The third kappa shape index (κ3) is 3.28. The lowest BCUT2D eigenvalue weighted by atomic mass is 9.98. The summed E-state index contributed by atoms with van der Waals surface area (Å²) in [5.41, 5.74) is 8.50. The first-order chi connectivity index (χ1) is 9.97. The van der Waals surface area contributed by atoms with Gasteiger partial charge in [0.2, 0.25) is 0 Å². The zero-order valence-electron chi connectivity index (χ0n) is 13.1. The monoisotopic (exact) mass is 306 g/mol. The lowest BCUT2D eigenvalue weighted by Crippen LogP contribution is -2.30. The van der Waals surface area contributed by atoms with Gasteiger partial charge in [0.05, 0.1) is 22.5 Å². The summed E-state index contributed by atoms with van der Waals surface area (Å²) < 4.78 is 1.95. The van der Waals surface area contributed by atoms with Crippen molar-refractivity contribution in [3.63, 3.8) is 0 Å². The van der Waals surface area contributed by atoms with Gasteiger partial charge in [-0.3, -0.25) is 16.0 Å². The molecule has 0 aliphatic heterocycles. The van der Waals surface area contributed by atoms with E-state index >= 15 is 0 Å². The molecule has 1 aromatic carbocycles. The Kier molecular flexibility index (Phi) is 5.04. The molecule has 2 rings (SSSR count). The highest BCUT2D eigenvalue weighted by Gasteiger charge is 2.18. The summed E-state index contributed by atoms with van der Waals surface area (Å²) in [6.45, 7) is 9.01. The van der Waals surface area contributed by atoms with Gasteiger partial charge in [-0.25, -0.2) is 0 Å². The van der Waals surface area contributed by atoms with Gasteiger partial charge in [0, 0.05) is 13.0 Å². The Balaban J connectivity index is 2.33. The summed E-state index contributed by atoms with van der Waals surface area (Å²) in [6.07, 6.45) is 0.715. The van der Waals surface area contributed by atoms with Crippen molar-refractivity contribution in [2.24, 2.45) is 5.84 Å². The molecule has 21 heavy (non-hydrogen) atoms. The molecule has 0 aliphatic carbocycles. The number of nitrogens with one attached hydrogen (secondary N) is 1. The Labute approximate surface area is 131 Å². The van der Waals surface area contributed by atoms with E-state index in [4.69, 9.17) is 17.4 Å². The average molecular weight is 307 g/mol. The third-order valence-corrected chi connectivity index (χ3v) is 4.48. The molecule has 4 nitrogen and oxygen atoms in total. The summed E-state index contributed by atoms with van der Waals surface area (Å²) >= 11 is 6.39. The number of benzene rings is 1. The molecule has 0 bridgehead atoms. The molecule has 0 aliphatic rings. The maximum Gasteiger partial charge on any atom is 0.0847 e. The molecule has 114 valence electrons. The topological polar surface area (TPSA) is 55.9 Å². The minimum Gasteiger partial charge on any atom is -0.271 e. The molecule has 1 aromatic heterocycles. The zero-order chi connectivity index (χ0) is 15.6. The van der Waals surface area contributed by atoms with Crippen LogP contribution in [0.1, 0.15) is 41.0 Å². The first-order valence-electron chi connectivity index (χ1n) is 7.23. The van der Waals surface area contributed by atoms with E-state index in [1.807, 2.05) is 11.6 Å². The molecule has 1 heterocycles. The summed E-state index contributed by atoms with van der Waals surface area (Å²) in [5.74, 6) is 5.77. The standard InChI is InChI=1S/C16H23ClN4/c1-5-21-15(16(17)12(4)20-21)9-14(19-18)13-7-6-10(2)11(3)8-13/h6-8,14,19H,5,9,18H2,1-4H3. The van der Waals surface area contributed by atoms with Gasteiger partial charge in [-0.1, -0.05) is 29.8 Å². The van der Waals surface area contributed by atoms with Crippen LogP contribution >= 0.6 is 11.6 Å². The molecular formula is C16H23ClN4. The zero-order valence-corrected chi connectivity index (χ0v) is 13.8. The molecule has 0 saturated carbocycles. The first-order valence-corrected chi connectivity index (χ1v) is 7.60. The molecule has 1 atom stereocenters. The summed E-state index contributed by atoms with van der Waals surface area (Å²) in [4.78, 5) is 0. The summed E-state index contributed by atoms with van der Waals surface area (Å²) in [6, 6.07) is 6.43. The molecule has 1 unspecified atom stereocenters. The van der Waals surface area contributed by atoms with Gasteiger partial charge in [0.15, 0.2) is 0 Å². The quantitative estimate of drug-likeness (QED) is 0.658. The number of hydrogen-bond acceptors (Lipinski definition) is 3. The number of aromatic nitrogens is 2. The molecule has 2 aromatic rings. The summed E-state index contributed by atoms with van der Waals surface area (Å²) in [5, 5.41) is 5.19. The van der Waals surface area contributed by atoms with E-state index in [2.05, 4.69) is 49.5 Å². The third-order valence-electron chi connectivity index (χ3n) is 3.98. The molecule has 0 saturated heterocycles. The molecule has 0 spiro atoms. The van der Waals surface area contributed by atoms with Gasteiger partial charge in [0.25, 0.3) is 0 Å². The number of halogens is 1. The maximum atomic E-state index is 6.39. The highest BCUT2D eigenvalue weighted by molar-refractivity contribution is 6.31. The van der Waals surface area contributed by atoms with Crippen molar-refractivity contribution in [1.29, 1.82) is 0 Å². The number of rotatable bonds is 5. The molecule has 3 N–H and O–H groups in total. The van der Waals surface area contributed by atoms with Crippen molar-refractivity contribution in [2.75, 3.05) is 0 Å². The first kappa shape index (κ1) is 16.0. The van der Waals surface area contributed by atoms with Crippen LogP contribution in [-0.4, -0.2) is 9.78 Å². The Morgan fingerprint density at radius 2 is 2.00 bits per heavy atom. The van der Waals surface area contributed by atoms with E-state index in [0.29, 0.717) is 6.42 Å². The van der Waals surface area contributed by atoms with Crippen molar-refractivity contribution in [1.82, 2.24) is 15.2 Å². The van der Waals surface area contributed by atoms with E-state index < -0.39 is 0 Å². The van der Waals surface area contributed by atoms with Crippen LogP contribution < -0.4 is 11.3 Å². The van der Waals surface area contributed by atoms with Gasteiger partial charge in [-0.15, -0.1) is 0 Å². The van der Waals surface area contributed by atoms with Crippen LogP contribution in [0.5, 0.6) is 0 Å². The lowest BCUT2D eigenvalue weighted by Gasteiger charge is -2.18. The fourth-order valence-electron chi connectivity index (χ4n) is 2.51. The van der Waals surface area contributed by atoms with Crippen molar-refractivity contribution in [2.45, 2.75) is 46.7 Å². The number of hydrazine groups is 1.